The summed E-state index contributed by atoms with van der Waals surface area (Å²) < 4.78 is 5.88. The number of aromatic nitrogens is 2. The topological polar surface area (TPSA) is 68.0 Å². The van der Waals surface area contributed by atoms with E-state index in [0.29, 0.717) is 15.8 Å². The van der Waals surface area contributed by atoms with Gasteiger partial charge in [0.25, 0.3) is 5.91 Å². The molecule has 3 aromatic rings. The van der Waals surface area contributed by atoms with Gasteiger partial charge in [-0.2, -0.15) is 0 Å². The minimum Gasteiger partial charge on any atom is -0.351 e. The third-order valence-electron chi connectivity index (χ3n) is 2.82. The first kappa shape index (κ1) is 13.1. The van der Waals surface area contributed by atoms with Crippen LogP contribution in [0.25, 0.3) is 10.2 Å². The lowest BCUT2D eigenvalue weighted by molar-refractivity contribution is 0.0988. The van der Waals surface area contributed by atoms with Gasteiger partial charge in [0.15, 0.2) is 5.13 Å². The second-order valence-corrected chi connectivity index (χ2v) is 5.76. The lowest BCUT2D eigenvalue weighted by Gasteiger charge is -1.96. The number of carbonyl (C=O) groups is 1. The molecule has 0 saturated carbocycles. The standard InChI is InChI=1S/C13H10ClN3O2S/c1-6-5-9(19-17-6)12(18)16-13-15-11-7(2)8(14)3-4-10(11)20-13/h3-5H,1-2H3,(H,15,16,18). The molecule has 20 heavy (non-hydrogen) atoms. The summed E-state index contributed by atoms with van der Waals surface area (Å²) in [5.41, 5.74) is 2.35. The van der Waals surface area contributed by atoms with Crippen LogP contribution < -0.4 is 5.32 Å². The van der Waals surface area contributed by atoms with E-state index in [-0.39, 0.29) is 11.7 Å². The molecular weight excluding hydrogens is 298 g/mol. The minimum absolute atomic E-state index is 0.163. The monoisotopic (exact) mass is 307 g/mol. The van der Waals surface area contributed by atoms with Crippen molar-refractivity contribution < 1.29 is 9.32 Å². The Kier molecular flexibility index (Phi) is 3.19. The summed E-state index contributed by atoms with van der Waals surface area (Å²) in [6.45, 7) is 3.65. The molecule has 0 spiro atoms. The van der Waals surface area contributed by atoms with Crippen molar-refractivity contribution in [2.45, 2.75) is 13.8 Å². The van der Waals surface area contributed by atoms with Gasteiger partial charge in [-0.15, -0.1) is 0 Å². The highest BCUT2D eigenvalue weighted by atomic mass is 35.5. The lowest BCUT2D eigenvalue weighted by atomic mass is 10.2. The van der Waals surface area contributed by atoms with E-state index >= 15 is 0 Å². The van der Waals surface area contributed by atoms with Crippen molar-refractivity contribution in [3.63, 3.8) is 0 Å². The molecule has 2 aromatic heterocycles. The Morgan fingerprint density at radius 1 is 1.40 bits per heavy atom. The zero-order valence-electron chi connectivity index (χ0n) is 10.7. The first-order valence-corrected chi connectivity index (χ1v) is 7.04. The number of aryl methyl sites for hydroxylation is 2. The Labute approximate surface area is 123 Å². The van der Waals surface area contributed by atoms with Crippen LogP contribution in [-0.4, -0.2) is 16.0 Å². The first-order chi connectivity index (χ1) is 9.54. The lowest BCUT2D eigenvalue weighted by Crippen LogP contribution is -2.10. The molecule has 0 unspecified atom stereocenters. The predicted octanol–water partition coefficient (Wildman–Crippen LogP) is 3.81. The van der Waals surface area contributed by atoms with E-state index in [1.807, 2.05) is 19.1 Å². The fraction of sp³-hybridized carbons (Fsp3) is 0.154. The number of thiazole rings is 1. The van der Waals surface area contributed by atoms with Gasteiger partial charge in [-0.05, 0) is 31.5 Å². The van der Waals surface area contributed by atoms with Gasteiger partial charge >= 0.3 is 0 Å². The number of hydrogen-bond acceptors (Lipinski definition) is 5. The molecule has 0 radical (unpaired) electrons. The third kappa shape index (κ3) is 2.28. The van der Waals surface area contributed by atoms with Crippen LogP contribution in [0.15, 0.2) is 22.7 Å². The maximum absolute atomic E-state index is 12.0. The quantitative estimate of drug-likeness (QED) is 0.781. The van der Waals surface area contributed by atoms with Crippen molar-refractivity contribution in [1.82, 2.24) is 10.1 Å². The Morgan fingerprint density at radius 3 is 2.90 bits per heavy atom. The van der Waals surface area contributed by atoms with E-state index < -0.39 is 0 Å². The predicted molar refractivity (Wildman–Crippen MR) is 78.6 cm³/mol. The van der Waals surface area contributed by atoms with Crippen molar-refractivity contribution in [2.75, 3.05) is 5.32 Å². The maximum Gasteiger partial charge on any atom is 0.296 e. The van der Waals surface area contributed by atoms with Crippen LogP contribution in [0, 0.1) is 13.8 Å². The van der Waals surface area contributed by atoms with E-state index in [4.69, 9.17) is 16.1 Å². The van der Waals surface area contributed by atoms with Gasteiger partial charge in [-0.1, -0.05) is 28.1 Å². The van der Waals surface area contributed by atoms with Crippen LogP contribution in [0.3, 0.4) is 0 Å². The van der Waals surface area contributed by atoms with Crippen molar-refractivity contribution in [2.24, 2.45) is 0 Å². The fourth-order valence-corrected chi connectivity index (χ4v) is 2.86. The molecule has 0 atom stereocenters. The molecule has 5 nitrogen and oxygen atoms in total. The van der Waals surface area contributed by atoms with Crippen LogP contribution in [0.4, 0.5) is 5.13 Å². The molecule has 0 aliphatic carbocycles. The molecule has 1 aromatic carbocycles. The van der Waals surface area contributed by atoms with Crippen LogP contribution in [-0.2, 0) is 0 Å². The molecule has 0 saturated heterocycles. The largest absolute Gasteiger partial charge is 0.351 e. The number of halogens is 1. The van der Waals surface area contributed by atoms with Crippen molar-refractivity contribution >= 4 is 44.2 Å². The van der Waals surface area contributed by atoms with Crippen molar-refractivity contribution in [1.29, 1.82) is 0 Å². The molecule has 3 rings (SSSR count). The molecule has 1 N–H and O–H groups in total. The number of fused-ring (bicyclic) bond motifs is 1. The number of amides is 1. The van der Waals surface area contributed by atoms with E-state index in [9.17, 15) is 4.79 Å². The summed E-state index contributed by atoms with van der Waals surface area (Å²) in [4.78, 5) is 16.3. The highest BCUT2D eigenvalue weighted by Gasteiger charge is 2.15. The van der Waals surface area contributed by atoms with Gasteiger partial charge < -0.3 is 4.52 Å². The van der Waals surface area contributed by atoms with E-state index in [1.165, 1.54) is 11.3 Å². The minimum atomic E-state index is -0.367. The van der Waals surface area contributed by atoms with Gasteiger partial charge in [-0.25, -0.2) is 4.98 Å². The zero-order chi connectivity index (χ0) is 14.3. The number of hydrogen-bond donors (Lipinski definition) is 1. The SMILES string of the molecule is Cc1cc(C(=O)Nc2nc3c(C)c(Cl)ccc3s2)on1. The van der Waals surface area contributed by atoms with Crippen LogP contribution >= 0.6 is 22.9 Å². The Hall–Kier alpha value is -1.92. The normalized spacial score (nSPS) is 10.9. The molecule has 102 valence electrons. The number of anilines is 1. The number of carbonyl (C=O) groups excluding carboxylic acids is 1. The highest BCUT2D eigenvalue weighted by Crippen LogP contribution is 2.31. The van der Waals surface area contributed by atoms with Crippen LogP contribution in [0.5, 0.6) is 0 Å². The molecule has 0 fully saturated rings. The summed E-state index contributed by atoms with van der Waals surface area (Å²) in [6, 6.07) is 5.28. The van der Waals surface area contributed by atoms with Crippen LogP contribution in [0.2, 0.25) is 5.02 Å². The second kappa shape index (κ2) is 4.88. The van der Waals surface area contributed by atoms with Gasteiger partial charge in [-0.3, -0.25) is 10.1 Å². The molecule has 1 amide bonds. The van der Waals surface area contributed by atoms with E-state index in [0.717, 1.165) is 15.8 Å². The number of nitrogens with one attached hydrogen (secondary N) is 1. The summed E-state index contributed by atoms with van der Waals surface area (Å²) >= 11 is 7.44. The smallest absolute Gasteiger partial charge is 0.296 e. The van der Waals surface area contributed by atoms with Crippen molar-refractivity contribution in [3.8, 4) is 0 Å². The molecular formula is C13H10ClN3O2S. The number of benzene rings is 1. The number of nitrogens with zero attached hydrogens (tertiary/aromatic N) is 2. The molecule has 0 aliphatic heterocycles. The highest BCUT2D eigenvalue weighted by molar-refractivity contribution is 7.22. The summed E-state index contributed by atoms with van der Waals surface area (Å²) in [5.74, 6) is -0.204. The molecule has 0 bridgehead atoms. The van der Waals surface area contributed by atoms with Crippen molar-refractivity contribution in [3.05, 3.63) is 40.2 Å². The average molecular weight is 308 g/mol. The number of rotatable bonds is 2. The molecule has 7 heteroatoms. The second-order valence-electron chi connectivity index (χ2n) is 4.32. The molecule has 2 heterocycles. The van der Waals surface area contributed by atoms with Gasteiger partial charge in [0.1, 0.15) is 0 Å². The Bertz CT molecular complexity index is 809. The summed E-state index contributed by atoms with van der Waals surface area (Å²) in [5, 5.41) is 7.54. The average Bonchev–Trinajstić information content (AvgIpc) is 3.00. The fourth-order valence-electron chi connectivity index (χ4n) is 1.78. The first-order valence-electron chi connectivity index (χ1n) is 5.85. The third-order valence-corrected chi connectivity index (χ3v) is 4.17. The van der Waals surface area contributed by atoms with Gasteiger partial charge in [0.05, 0.1) is 15.9 Å². The van der Waals surface area contributed by atoms with Gasteiger partial charge in [0, 0.05) is 11.1 Å². The zero-order valence-corrected chi connectivity index (χ0v) is 12.3. The van der Waals surface area contributed by atoms with Crippen LogP contribution in [0.1, 0.15) is 21.8 Å². The summed E-state index contributed by atoms with van der Waals surface area (Å²) in [6.07, 6.45) is 0. The van der Waals surface area contributed by atoms with Gasteiger partial charge in [0.2, 0.25) is 5.76 Å². The Balaban J connectivity index is 1.92. The van der Waals surface area contributed by atoms with E-state index in [1.54, 1.807) is 13.0 Å². The van der Waals surface area contributed by atoms with E-state index in [2.05, 4.69) is 15.5 Å². The maximum atomic E-state index is 12.0. The summed E-state index contributed by atoms with van der Waals surface area (Å²) in [7, 11) is 0. The Morgan fingerprint density at radius 2 is 2.20 bits per heavy atom. The molecule has 0 aliphatic rings.